The van der Waals surface area contributed by atoms with Gasteiger partial charge in [-0.05, 0) is 25.3 Å². The molecule has 1 aromatic heterocycles. The van der Waals surface area contributed by atoms with E-state index in [0.717, 1.165) is 43.3 Å². The number of amides is 1. The minimum atomic E-state index is -2.84. The molecule has 1 atom stereocenters. The second-order valence-electron chi connectivity index (χ2n) is 7.09. The number of sulfone groups is 1. The van der Waals surface area contributed by atoms with Crippen LogP contribution in [0.2, 0.25) is 0 Å². The van der Waals surface area contributed by atoms with E-state index in [4.69, 9.17) is 0 Å². The molecule has 0 aliphatic carbocycles. The van der Waals surface area contributed by atoms with Crippen molar-refractivity contribution in [1.29, 1.82) is 0 Å². The molecule has 1 aromatic carbocycles. The summed E-state index contributed by atoms with van der Waals surface area (Å²) in [6.45, 7) is 1.69. The van der Waals surface area contributed by atoms with Crippen LogP contribution in [0.4, 0.5) is 0 Å². The summed E-state index contributed by atoms with van der Waals surface area (Å²) in [7, 11) is -2.84. The number of aromatic nitrogens is 1. The van der Waals surface area contributed by atoms with E-state index in [9.17, 15) is 13.2 Å². The summed E-state index contributed by atoms with van der Waals surface area (Å²) in [5, 5.41) is 4.08. The molecule has 2 N–H and O–H groups in total. The van der Waals surface area contributed by atoms with Crippen LogP contribution in [-0.4, -0.2) is 60.9 Å². The normalized spacial score (nSPS) is 24.6. The number of aromatic amines is 1. The molecule has 2 saturated heterocycles. The number of H-pyrrole nitrogens is 1. The maximum Gasteiger partial charge on any atom is 0.253 e. The second kappa shape index (κ2) is 6.46. The van der Waals surface area contributed by atoms with Gasteiger partial charge in [0.05, 0.1) is 17.1 Å². The van der Waals surface area contributed by atoms with Crippen molar-refractivity contribution in [2.24, 2.45) is 0 Å². The molecular weight excluding hydrogens is 338 g/mol. The van der Waals surface area contributed by atoms with Crippen LogP contribution < -0.4 is 5.32 Å². The number of piperidine rings is 1. The molecule has 0 spiro atoms. The molecule has 2 fully saturated rings. The summed E-state index contributed by atoms with van der Waals surface area (Å²) in [5.41, 5.74) is 1.64. The third-order valence-corrected chi connectivity index (χ3v) is 7.17. The summed E-state index contributed by atoms with van der Waals surface area (Å²) in [4.78, 5) is 18.0. The van der Waals surface area contributed by atoms with Gasteiger partial charge in [0.1, 0.15) is 0 Å². The Morgan fingerprint density at radius 2 is 1.92 bits per heavy atom. The Bertz CT molecular complexity index is 882. The summed E-state index contributed by atoms with van der Waals surface area (Å²) in [5.74, 6) is 0.563. The van der Waals surface area contributed by atoms with Crippen LogP contribution in [0.15, 0.2) is 30.5 Å². The fourth-order valence-electron chi connectivity index (χ4n) is 3.99. The van der Waals surface area contributed by atoms with E-state index in [1.807, 2.05) is 24.3 Å². The molecule has 0 radical (unpaired) electrons. The SMILES string of the molecule is O=C(NC1CCN([C@H]2CCS(=O)(=O)C2)CC1)c1c[nH]c2ccccc12. The molecule has 134 valence electrons. The van der Waals surface area contributed by atoms with Gasteiger partial charge in [-0.2, -0.15) is 0 Å². The van der Waals surface area contributed by atoms with Gasteiger partial charge in [-0.25, -0.2) is 8.42 Å². The van der Waals surface area contributed by atoms with Gasteiger partial charge in [0.2, 0.25) is 0 Å². The third kappa shape index (κ3) is 3.43. The van der Waals surface area contributed by atoms with Crippen LogP contribution in [0.5, 0.6) is 0 Å². The summed E-state index contributed by atoms with van der Waals surface area (Å²) >= 11 is 0. The molecule has 2 aliphatic rings. The van der Waals surface area contributed by atoms with Crippen LogP contribution in [0, 0.1) is 0 Å². The largest absolute Gasteiger partial charge is 0.360 e. The first-order chi connectivity index (χ1) is 12.0. The van der Waals surface area contributed by atoms with Crippen LogP contribution in [0.3, 0.4) is 0 Å². The van der Waals surface area contributed by atoms with Crippen molar-refractivity contribution in [3.05, 3.63) is 36.0 Å². The van der Waals surface area contributed by atoms with Gasteiger partial charge >= 0.3 is 0 Å². The van der Waals surface area contributed by atoms with Crippen molar-refractivity contribution in [2.75, 3.05) is 24.6 Å². The summed E-state index contributed by atoms with van der Waals surface area (Å²) in [6.07, 6.45) is 4.24. The van der Waals surface area contributed by atoms with Crippen molar-refractivity contribution < 1.29 is 13.2 Å². The van der Waals surface area contributed by atoms with Crippen LogP contribution in [-0.2, 0) is 9.84 Å². The average molecular weight is 361 g/mol. The molecule has 0 bridgehead atoms. The Kier molecular flexibility index (Phi) is 4.29. The average Bonchev–Trinajstić information content (AvgIpc) is 3.19. The molecule has 0 unspecified atom stereocenters. The lowest BCUT2D eigenvalue weighted by atomic mass is 10.0. The number of likely N-dealkylation sites (tertiary alicyclic amines) is 1. The fourth-order valence-corrected chi connectivity index (χ4v) is 5.76. The van der Waals surface area contributed by atoms with Crippen molar-refractivity contribution in [3.63, 3.8) is 0 Å². The fraction of sp³-hybridized carbons (Fsp3) is 0.500. The highest BCUT2D eigenvalue weighted by atomic mass is 32.2. The van der Waals surface area contributed by atoms with Gasteiger partial charge in [-0.15, -0.1) is 0 Å². The van der Waals surface area contributed by atoms with Crippen LogP contribution >= 0.6 is 0 Å². The monoisotopic (exact) mass is 361 g/mol. The van der Waals surface area contributed by atoms with Gasteiger partial charge in [0.15, 0.2) is 9.84 Å². The predicted molar refractivity (Wildman–Crippen MR) is 97.4 cm³/mol. The lowest BCUT2D eigenvalue weighted by Crippen LogP contribution is -2.48. The van der Waals surface area contributed by atoms with Gasteiger partial charge in [-0.3, -0.25) is 9.69 Å². The van der Waals surface area contributed by atoms with Gasteiger partial charge in [-0.1, -0.05) is 18.2 Å². The first-order valence-corrected chi connectivity index (χ1v) is 10.7. The van der Waals surface area contributed by atoms with Crippen molar-refractivity contribution in [2.45, 2.75) is 31.3 Å². The van der Waals surface area contributed by atoms with E-state index < -0.39 is 9.84 Å². The Morgan fingerprint density at radius 1 is 1.16 bits per heavy atom. The Labute approximate surface area is 147 Å². The minimum Gasteiger partial charge on any atom is -0.360 e. The highest BCUT2D eigenvalue weighted by Crippen LogP contribution is 2.23. The Balaban J connectivity index is 1.35. The Hall–Kier alpha value is -1.86. The van der Waals surface area contributed by atoms with Crippen molar-refractivity contribution in [1.82, 2.24) is 15.2 Å². The number of nitrogens with zero attached hydrogens (tertiary/aromatic N) is 1. The van der Waals surface area contributed by atoms with Gasteiger partial charge in [0.25, 0.3) is 5.91 Å². The lowest BCUT2D eigenvalue weighted by Gasteiger charge is -2.35. The van der Waals surface area contributed by atoms with Crippen molar-refractivity contribution >= 4 is 26.6 Å². The van der Waals surface area contributed by atoms with Gasteiger partial charge < -0.3 is 10.3 Å². The zero-order chi connectivity index (χ0) is 17.4. The topological polar surface area (TPSA) is 82.3 Å². The number of hydrogen-bond acceptors (Lipinski definition) is 4. The molecule has 7 heteroatoms. The number of benzene rings is 1. The highest BCUT2D eigenvalue weighted by Gasteiger charge is 2.34. The summed E-state index contributed by atoms with van der Waals surface area (Å²) < 4.78 is 23.3. The molecule has 4 rings (SSSR count). The number of rotatable bonds is 3. The minimum absolute atomic E-state index is 0.0423. The van der Waals surface area contributed by atoms with Gasteiger partial charge in [0, 0.05) is 42.3 Å². The van der Waals surface area contributed by atoms with E-state index in [1.54, 1.807) is 6.20 Å². The van der Waals surface area contributed by atoms with E-state index in [0.29, 0.717) is 17.1 Å². The number of para-hydroxylation sites is 1. The zero-order valence-electron chi connectivity index (χ0n) is 14.1. The number of carbonyl (C=O) groups excluding carboxylic acids is 1. The number of hydrogen-bond donors (Lipinski definition) is 2. The second-order valence-corrected chi connectivity index (χ2v) is 9.32. The number of fused-ring (bicyclic) bond motifs is 1. The number of carbonyl (C=O) groups is 1. The van der Waals surface area contributed by atoms with E-state index in [2.05, 4.69) is 15.2 Å². The molecule has 1 amide bonds. The smallest absolute Gasteiger partial charge is 0.253 e. The maximum absolute atomic E-state index is 12.6. The maximum atomic E-state index is 12.6. The molecule has 2 aromatic rings. The first kappa shape index (κ1) is 16.6. The standard InChI is InChI=1S/C18H23N3O3S/c22-18(16-11-19-17-4-2-1-3-15(16)17)20-13-5-8-21(9-6-13)14-7-10-25(23,24)12-14/h1-4,11,13-14,19H,5-10,12H2,(H,20,22)/t14-/m0/s1. The van der Waals surface area contributed by atoms with E-state index >= 15 is 0 Å². The molecule has 2 aliphatic heterocycles. The highest BCUT2D eigenvalue weighted by molar-refractivity contribution is 7.91. The van der Waals surface area contributed by atoms with E-state index in [1.165, 1.54) is 0 Å². The lowest BCUT2D eigenvalue weighted by molar-refractivity contribution is 0.0899. The zero-order valence-corrected chi connectivity index (χ0v) is 14.9. The predicted octanol–water partition coefficient (Wildman–Crippen LogP) is 1.55. The number of nitrogens with one attached hydrogen (secondary N) is 2. The summed E-state index contributed by atoms with van der Waals surface area (Å²) in [6, 6.07) is 8.09. The molecule has 3 heterocycles. The molecule has 6 nitrogen and oxygen atoms in total. The Morgan fingerprint density at radius 3 is 2.64 bits per heavy atom. The van der Waals surface area contributed by atoms with Crippen LogP contribution in [0.1, 0.15) is 29.6 Å². The first-order valence-electron chi connectivity index (χ1n) is 8.83. The molecular formula is C18H23N3O3S. The van der Waals surface area contributed by atoms with E-state index in [-0.39, 0.29) is 18.0 Å². The quantitative estimate of drug-likeness (QED) is 0.869. The molecule has 25 heavy (non-hydrogen) atoms. The third-order valence-electron chi connectivity index (χ3n) is 5.42. The van der Waals surface area contributed by atoms with Crippen molar-refractivity contribution in [3.8, 4) is 0 Å². The van der Waals surface area contributed by atoms with Crippen LogP contribution in [0.25, 0.3) is 10.9 Å². The molecule has 0 saturated carbocycles.